The van der Waals surface area contributed by atoms with Gasteiger partial charge in [0, 0.05) is 12.3 Å². The van der Waals surface area contributed by atoms with Gasteiger partial charge in [-0.15, -0.1) is 11.3 Å². The van der Waals surface area contributed by atoms with Gasteiger partial charge in [0.15, 0.2) is 5.82 Å². The maximum Gasteiger partial charge on any atom is 0.408 e. The van der Waals surface area contributed by atoms with Crippen LogP contribution in [0.4, 0.5) is 10.6 Å². The Hall–Kier alpha value is -3.27. The Balaban J connectivity index is 1.74. The van der Waals surface area contributed by atoms with Crippen molar-refractivity contribution in [1.29, 1.82) is 0 Å². The van der Waals surface area contributed by atoms with E-state index in [0.29, 0.717) is 24.3 Å². The van der Waals surface area contributed by atoms with Gasteiger partial charge in [0.25, 0.3) is 5.91 Å². The standard InChI is InChI=1S/C23H27N5O4S/c1-2-3-9-16(19(29)20(30)26-18-11-14-24-27-18)28(22(31)32)23(12-6-7-13-23)21-25-15-8-4-5-10-17(15)33-21/h4-5,8,10-11,14,16H,2-3,6-7,9,12-13H2,1H3,(H,31,32)(H2,24,26,27,30)/t16-/m0/s1. The number of hydrogen-bond donors (Lipinski definition) is 3. The Bertz CT molecular complexity index is 1100. The molecule has 1 aliphatic rings. The molecule has 4 rings (SSSR count). The fourth-order valence-corrected chi connectivity index (χ4v) is 5.85. The SMILES string of the molecule is CCCC[C@@H](C(=O)C(=O)Nc1cc[nH]n1)N(C(=O)O)C1(c2nc3ccccc3s2)CCCC1. The lowest BCUT2D eigenvalue weighted by molar-refractivity contribution is -0.139. The molecule has 9 nitrogen and oxygen atoms in total. The molecule has 1 aromatic carbocycles. The molecule has 2 heterocycles. The largest absolute Gasteiger partial charge is 0.465 e. The summed E-state index contributed by atoms with van der Waals surface area (Å²) in [6.45, 7) is 1.97. The number of nitrogens with zero attached hydrogens (tertiary/aromatic N) is 3. The fraction of sp³-hybridized carbons (Fsp3) is 0.435. The summed E-state index contributed by atoms with van der Waals surface area (Å²) in [5, 5.41) is 20.0. The number of para-hydroxylation sites is 1. The lowest BCUT2D eigenvalue weighted by atomic mass is 9.91. The van der Waals surface area contributed by atoms with E-state index in [4.69, 9.17) is 4.98 Å². The van der Waals surface area contributed by atoms with Gasteiger partial charge in [-0.2, -0.15) is 5.10 Å². The third kappa shape index (κ3) is 4.47. The first-order chi connectivity index (χ1) is 16.0. The highest BCUT2D eigenvalue weighted by Crippen LogP contribution is 2.48. The number of Topliss-reactive ketones (excluding diaryl/α,β-unsaturated/α-hetero) is 1. The molecule has 0 spiro atoms. The number of H-pyrrole nitrogens is 1. The maximum atomic E-state index is 13.4. The molecule has 1 aliphatic carbocycles. The molecule has 0 bridgehead atoms. The Morgan fingerprint density at radius 2 is 2.00 bits per heavy atom. The summed E-state index contributed by atoms with van der Waals surface area (Å²) in [7, 11) is 0. The molecular weight excluding hydrogens is 442 g/mol. The number of hydrogen-bond acceptors (Lipinski definition) is 6. The minimum atomic E-state index is -1.21. The van der Waals surface area contributed by atoms with Crippen LogP contribution < -0.4 is 5.32 Å². The zero-order chi connectivity index (χ0) is 23.4. The Kier molecular flexibility index (Phi) is 6.73. The van der Waals surface area contributed by atoms with Crippen molar-refractivity contribution in [3.8, 4) is 0 Å². The first kappa shape index (κ1) is 22.9. The van der Waals surface area contributed by atoms with E-state index >= 15 is 0 Å². The molecule has 2 aromatic heterocycles. The molecule has 3 N–H and O–H groups in total. The van der Waals surface area contributed by atoms with Crippen molar-refractivity contribution in [2.24, 2.45) is 0 Å². The van der Waals surface area contributed by atoms with Crippen LogP contribution in [-0.2, 0) is 15.1 Å². The number of anilines is 1. The van der Waals surface area contributed by atoms with Gasteiger partial charge in [0.1, 0.15) is 11.0 Å². The summed E-state index contributed by atoms with van der Waals surface area (Å²) < 4.78 is 0.969. The number of carbonyl (C=O) groups excluding carboxylic acids is 2. The highest BCUT2D eigenvalue weighted by Gasteiger charge is 2.51. The third-order valence-electron chi connectivity index (χ3n) is 6.20. The van der Waals surface area contributed by atoms with Crippen LogP contribution in [0.1, 0.15) is 56.9 Å². The van der Waals surface area contributed by atoms with Crippen molar-refractivity contribution < 1.29 is 19.5 Å². The molecule has 0 saturated heterocycles. The van der Waals surface area contributed by atoms with Crippen LogP contribution in [0.25, 0.3) is 10.2 Å². The Morgan fingerprint density at radius 3 is 2.64 bits per heavy atom. The predicted molar refractivity (Wildman–Crippen MR) is 125 cm³/mol. The van der Waals surface area contributed by atoms with Crippen LogP contribution in [0.5, 0.6) is 0 Å². The van der Waals surface area contributed by atoms with Crippen molar-refractivity contribution in [2.45, 2.75) is 63.5 Å². The lowest BCUT2D eigenvalue weighted by Crippen LogP contribution is -2.57. The second-order valence-corrected chi connectivity index (χ2v) is 9.34. The third-order valence-corrected chi connectivity index (χ3v) is 7.43. The molecule has 1 saturated carbocycles. The quantitative estimate of drug-likeness (QED) is 0.395. The number of aromatic nitrogens is 3. The van der Waals surface area contributed by atoms with E-state index in [0.717, 1.165) is 29.5 Å². The number of nitrogens with one attached hydrogen (secondary N) is 2. The second-order valence-electron chi connectivity index (χ2n) is 8.31. The van der Waals surface area contributed by atoms with E-state index in [2.05, 4.69) is 15.5 Å². The summed E-state index contributed by atoms with van der Waals surface area (Å²) in [6.07, 6.45) is 4.76. The molecule has 0 radical (unpaired) electrons. The number of unbranched alkanes of at least 4 members (excludes halogenated alkanes) is 1. The van der Waals surface area contributed by atoms with E-state index in [9.17, 15) is 19.5 Å². The topological polar surface area (TPSA) is 128 Å². The van der Waals surface area contributed by atoms with Gasteiger partial charge >= 0.3 is 6.09 Å². The van der Waals surface area contributed by atoms with Gasteiger partial charge in [-0.1, -0.05) is 44.7 Å². The number of benzene rings is 1. The highest BCUT2D eigenvalue weighted by atomic mass is 32.1. The number of carboxylic acid groups (broad SMARTS) is 1. The fourth-order valence-electron chi connectivity index (χ4n) is 4.64. The van der Waals surface area contributed by atoms with Crippen molar-refractivity contribution >= 4 is 45.2 Å². The molecular formula is C23H27N5O4S. The molecule has 33 heavy (non-hydrogen) atoms. The second kappa shape index (κ2) is 9.70. The summed E-state index contributed by atoms with van der Waals surface area (Å²) in [5.41, 5.74) is -0.127. The molecule has 0 aliphatic heterocycles. The Labute approximate surface area is 195 Å². The van der Waals surface area contributed by atoms with Crippen LogP contribution in [0.3, 0.4) is 0 Å². The van der Waals surface area contributed by atoms with Gasteiger partial charge in [0.2, 0.25) is 5.78 Å². The molecule has 174 valence electrons. The first-order valence-electron chi connectivity index (χ1n) is 11.2. The smallest absolute Gasteiger partial charge is 0.408 e. The molecule has 1 fully saturated rings. The lowest BCUT2D eigenvalue weighted by Gasteiger charge is -2.42. The van der Waals surface area contributed by atoms with Crippen LogP contribution in [-0.4, -0.2) is 49.0 Å². The highest BCUT2D eigenvalue weighted by molar-refractivity contribution is 7.18. The number of fused-ring (bicyclic) bond motifs is 1. The number of aromatic amines is 1. The predicted octanol–water partition coefficient (Wildman–Crippen LogP) is 4.54. The Morgan fingerprint density at radius 1 is 1.24 bits per heavy atom. The van der Waals surface area contributed by atoms with Crippen molar-refractivity contribution in [1.82, 2.24) is 20.1 Å². The number of thiazole rings is 1. The van der Waals surface area contributed by atoms with Crippen molar-refractivity contribution in [3.63, 3.8) is 0 Å². The van der Waals surface area contributed by atoms with Crippen LogP contribution in [0, 0.1) is 0 Å². The number of rotatable bonds is 9. The molecule has 0 unspecified atom stereocenters. The molecule has 2 amide bonds. The number of amides is 2. The van der Waals surface area contributed by atoms with Gasteiger partial charge in [-0.25, -0.2) is 9.78 Å². The normalized spacial score (nSPS) is 15.9. The summed E-state index contributed by atoms with van der Waals surface area (Å²) >= 11 is 1.46. The average molecular weight is 470 g/mol. The number of carbonyl (C=O) groups is 3. The van der Waals surface area contributed by atoms with Crippen LogP contribution in [0.15, 0.2) is 36.5 Å². The van der Waals surface area contributed by atoms with Gasteiger partial charge in [-0.3, -0.25) is 19.6 Å². The molecule has 1 atom stereocenters. The van der Waals surface area contributed by atoms with Crippen LogP contribution in [0.2, 0.25) is 0 Å². The summed E-state index contributed by atoms with van der Waals surface area (Å²) in [5.74, 6) is -1.43. The first-order valence-corrected chi connectivity index (χ1v) is 12.0. The summed E-state index contributed by atoms with van der Waals surface area (Å²) in [6, 6.07) is 8.11. The number of ketones is 1. The zero-order valence-electron chi connectivity index (χ0n) is 18.4. The van der Waals surface area contributed by atoms with E-state index in [1.807, 2.05) is 31.2 Å². The molecule has 10 heteroatoms. The summed E-state index contributed by atoms with van der Waals surface area (Å²) in [4.78, 5) is 44.9. The van der Waals surface area contributed by atoms with E-state index < -0.39 is 29.4 Å². The van der Waals surface area contributed by atoms with Gasteiger partial charge < -0.3 is 10.4 Å². The minimum absolute atomic E-state index is 0.214. The van der Waals surface area contributed by atoms with E-state index in [-0.39, 0.29) is 12.2 Å². The maximum absolute atomic E-state index is 13.4. The van der Waals surface area contributed by atoms with Gasteiger partial charge in [0.05, 0.1) is 15.8 Å². The van der Waals surface area contributed by atoms with Crippen molar-refractivity contribution in [3.05, 3.63) is 41.5 Å². The van der Waals surface area contributed by atoms with Gasteiger partial charge in [-0.05, 0) is 31.4 Å². The molecule has 3 aromatic rings. The minimum Gasteiger partial charge on any atom is -0.465 e. The monoisotopic (exact) mass is 469 g/mol. The zero-order valence-corrected chi connectivity index (χ0v) is 19.2. The average Bonchev–Trinajstić information content (AvgIpc) is 3.56. The van der Waals surface area contributed by atoms with Crippen LogP contribution >= 0.6 is 11.3 Å². The van der Waals surface area contributed by atoms with E-state index in [1.165, 1.54) is 28.5 Å². The van der Waals surface area contributed by atoms with Crippen molar-refractivity contribution in [2.75, 3.05) is 5.32 Å². The van der Waals surface area contributed by atoms with E-state index in [1.54, 1.807) is 0 Å².